The number of aromatic nitrogens is 3. The molecule has 1 aliphatic rings. The highest BCUT2D eigenvalue weighted by Crippen LogP contribution is 2.21. The van der Waals surface area contributed by atoms with Gasteiger partial charge in [-0.2, -0.15) is 0 Å². The van der Waals surface area contributed by atoms with E-state index in [0.29, 0.717) is 19.5 Å². The molecule has 0 atom stereocenters. The average molecular weight is 343 g/mol. The summed E-state index contributed by atoms with van der Waals surface area (Å²) in [5.74, 6) is 2.63. The van der Waals surface area contributed by atoms with Crippen molar-refractivity contribution < 1.29 is 9.32 Å². The zero-order chi connectivity index (χ0) is 18.1. The van der Waals surface area contributed by atoms with Crippen LogP contribution in [0.5, 0.6) is 0 Å². The number of carbonyl (C=O) groups is 1. The zero-order valence-electron chi connectivity index (χ0n) is 15.6. The maximum Gasteiger partial charge on any atom is 0.227 e. The molecule has 0 unspecified atom stereocenters. The lowest BCUT2D eigenvalue weighted by molar-refractivity contribution is -0.130. The first-order valence-corrected chi connectivity index (χ1v) is 8.63. The molecule has 134 valence electrons. The fourth-order valence-corrected chi connectivity index (χ4v) is 3.24. The Balaban J connectivity index is 1.65. The van der Waals surface area contributed by atoms with Gasteiger partial charge in [0.1, 0.15) is 17.4 Å². The topological polar surface area (TPSA) is 75.4 Å². The van der Waals surface area contributed by atoms with E-state index < -0.39 is 0 Å². The molecule has 7 nitrogen and oxygen atoms in total. The minimum Gasteiger partial charge on any atom is -0.361 e. The minimum atomic E-state index is 0.126. The molecule has 1 saturated heterocycles. The molecule has 1 aliphatic heterocycles. The summed E-state index contributed by atoms with van der Waals surface area (Å²) in [4.78, 5) is 25.8. The van der Waals surface area contributed by atoms with Crippen LogP contribution in [0.2, 0.25) is 0 Å². The van der Waals surface area contributed by atoms with Gasteiger partial charge in [0, 0.05) is 43.0 Å². The standard InChI is InChI=1S/C18H25N5O2/c1-11-12(2)19-15(5)20-18(11)23-8-6-22(7-9-23)17(24)10-16-13(3)21-25-14(16)4/h6-10H2,1-5H3. The first kappa shape index (κ1) is 17.4. The van der Waals surface area contributed by atoms with Gasteiger partial charge in [0.2, 0.25) is 5.91 Å². The molecule has 25 heavy (non-hydrogen) atoms. The van der Waals surface area contributed by atoms with E-state index in [1.165, 1.54) is 0 Å². The van der Waals surface area contributed by atoms with Crippen molar-refractivity contribution in [3.8, 4) is 0 Å². The van der Waals surface area contributed by atoms with Gasteiger partial charge in [-0.3, -0.25) is 4.79 Å². The number of nitrogens with zero attached hydrogens (tertiary/aromatic N) is 5. The highest BCUT2D eigenvalue weighted by molar-refractivity contribution is 5.79. The van der Waals surface area contributed by atoms with Crippen molar-refractivity contribution >= 4 is 11.7 Å². The molecule has 7 heteroatoms. The first-order valence-electron chi connectivity index (χ1n) is 8.63. The van der Waals surface area contributed by atoms with Crippen molar-refractivity contribution in [2.24, 2.45) is 0 Å². The lowest BCUT2D eigenvalue weighted by Crippen LogP contribution is -2.49. The van der Waals surface area contributed by atoms with Gasteiger partial charge in [-0.25, -0.2) is 9.97 Å². The van der Waals surface area contributed by atoms with Crippen LogP contribution in [0.1, 0.15) is 34.1 Å². The van der Waals surface area contributed by atoms with E-state index >= 15 is 0 Å². The second kappa shape index (κ2) is 6.82. The Labute approximate surface area is 148 Å². The summed E-state index contributed by atoms with van der Waals surface area (Å²) in [6.07, 6.45) is 0.353. The maximum absolute atomic E-state index is 12.6. The maximum atomic E-state index is 12.6. The zero-order valence-corrected chi connectivity index (χ0v) is 15.6. The number of rotatable bonds is 3. The molecular weight excluding hydrogens is 318 g/mol. The van der Waals surface area contributed by atoms with Crippen molar-refractivity contribution in [3.05, 3.63) is 34.1 Å². The minimum absolute atomic E-state index is 0.126. The van der Waals surface area contributed by atoms with Crippen LogP contribution in [0.4, 0.5) is 5.82 Å². The molecule has 0 radical (unpaired) electrons. The number of carbonyl (C=O) groups excluding carboxylic acids is 1. The van der Waals surface area contributed by atoms with E-state index in [1.54, 1.807) is 0 Å². The van der Waals surface area contributed by atoms with E-state index in [1.807, 2.05) is 32.6 Å². The summed E-state index contributed by atoms with van der Waals surface area (Å²) >= 11 is 0. The molecule has 0 N–H and O–H groups in total. The van der Waals surface area contributed by atoms with Gasteiger partial charge in [-0.05, 0) is 34.6 Å². The Kier molecular flexibility index (Phi) is 4.74. The van der Waals surface area contributed by atoms with Crippen LogP contribution in [0.15, 0.2) is 4.52 Å². The lowest BCUT2D eigenvalue weighted by atomic mass is 10.1. The monoisotopic (exact) mass is 343 g/mol. The van der Waals surface area contributed by atoms with Crippen LogP contribution < -0.4 is 4.90 Å². The third kappa shape index (κ3) is 3.50. The third-order valence-electron chi connectivity index (χ3n) is 4.92. The Morgan fingerprint density at radius 1 is 1.00 bits per heavy atom. The summed E-state index contributed by atoms with van der Waals surface area (Å²) < 4.78 is 5.15. The van der Waals surface area contributed by atoms with E-state index in [4.69, 9.17) is 4.52 Å². The summed E-state index contributed by atoms with van der Waals surface area (Å²) in [5, 5.41) is 3.92. The van der Waals surface area contributed by atoms with E-state index in [0.717, 1.165) is 53.0 Å². The Bertz CT molecular complexity index is 772. The van der Waals surface area contributed by atoms with E-state index in [9.17, 15) is 4.79 Å². The average Bonchev–Trinajstić information content (AvgIpc) is 2.90. The van der Waals surface area contributed by atoms with Gasteiger partial charge >= 0.3 is 0 Å². The van der Waals surface area contributed by atoms with Crippen LogP contribution in [-0.4, -0.2) is 52.1 Å². The number of anilines is 1. The van der Waals surface area contributed by atoms with Gasteiger partial charge < -0.3 is 14.3 Å². The Morgan fingerprint density at radius 3 is 2.28 bits per heavy atom. The van der Waals surface area contributed by atoms with Gasteiger partial charge in [0.05, 0.1) is 12.1 Å². The summed E-state index contributed by atoms with van der Waals surface area (Å²) in [6.45, 7) is 12.7. The molecule has 1 amide bonds. The molecule has 0 spiro atoms. The largest absolute Gasteiger partial charge is 0.361 e. The highest BCUT2D eigenvalue weighted by Gasteiger charge is 2.25. The molecule has 2 aromatic heterocycles. The van der Waals surface area contributed by atoms with Gasteiger partial charge in [0.25, 0.3) is 0 Å². The molecule has 0 aliphatic carbocycles. The second-order valence-electron chi connectivity index (χ2n) is 6.65. The normalized spacial score (nSPS) is 14.9. The SMILES string of the molecule is Cc1nc(C)c(C)c(N2CCN(C(=O)Cc3c(C)noc3C)CC2)n1. The number of amides is 1. The first-order chi connectivity index (χ1) is 11.9. The number of hydrogen-bond donors (Lipinski definition) is 0. The van der Waals surface area contributed by atoms with Crippen LogP contribution >= 0.6 is 0 Å². The van der Waals surface area contributed by atoms with Gasteiger partial charge in [-0.1, -0.05) is 5.16 Å². The fraction of sp³-hybridized carbons (Fsp3) is 0.556. The van der Waals surface area contributed by atoms with Gasteiger partial charge in [0.15, 0.2) is 0 Å². The Morgan fingerprint density at radius 2 is 1.68 bits per heavy atom. The summed E-state index contributed by atoms with van der Waals surface area (Å²) in [6, 6.07) is 0. The lowest BCUT2D eigenvalue weighted by Gasteiger charge is -2.36. The van der Waals surface area contributed by atoms with Crippen LogP contribution in [0, 0.1) is 34.6 Å². The van der Waals surface area contributed by atoms with Crippen molar-refractivity contribution in [2.45, 2.75) is 41.0 Å². The predicted molar refractivity (Wildman–Crippen MR) is 94.7 cm³/mol. The molecular formula is C18H25N5O2. The van der Waals surface area contributed by atoms with Crippen molar-refractivity contribution in [1.29, 1.82) is 0 Å². The van der Waals surface area contributed by atoms with Crippen LogP contribution in [0.25, 0.3) is 0 Å². The summed E-state index contributed by atoms with van der Waals surface area (Å²) in [7, 11) is 0. The second-order valence-corrected chi connectivity index (χ2v) is 6.65. The Hall–Kier alpha value is -2.44. The quantitative estimate of drug-likeness (QED) is 0.847. The van der Waals surface area contributed by atoms with Crippen molar-refractivity contribution in [2.75, 3.05) is 31.1 Å². The third-order valence-corrected chi connectivity index (χ3v) is 4.92. The van der Waals surface area contributed by atoms with Crippen molar-refractivity contribution in [3.63, 3.8) is 0 Å². The predicted octanol–water partition coefficient (Wildman–Crippen LogP) is 1.90. The van der Waals surface area contributed by atoms with E-state index in [2.05, 4.69) is 26.9 Å². The van der Waals surface area contributed by atoms with Crippen LogP contribution in [-0.2, 0) is 11.2 Å². The molecule has 1 fully saturated rings. The molecule has 0 saturated carbocycles. The molecule has 2 aromatic rings. The molecule has 0 aromatic carbocycles. The summed E-state index contributed by atoms with van der Waals surface area (Å²) in [5.41, 5.74) is 3.83. The molecule has 0 bridgehead atoms. The fourth-order valence-electron chi connectivity index (χ4n) is 3.24. The van der Waals surface area contributed by atoms with Crippen molar-refractivity contribution in [1.82, 2.24) is 20.0 Å². The van der Waals surface area contributed by atoms with Gasteiger partial charge in [-0.15, -0.1) is 0 Å². The highest BCUT2D eigenvalue weighted by atomic mass is 16.5. The smallest absolute Gasteiger partial charge is 0.227 e. The molecule has 3 heterocycles. The molecule has 3 rings (SSSR count). The number of piperazine rings is 1. The van der Waals surface area contributed by atoms with E-state index in [-0.39, 0.29) is 5.91 Å². The number of hydrogen-bond acceptors (Lipinski definition) is 6. The van der Waals surface area contributed by atoms with Crippen LogP contribution in [0.3, 0.4) is 0 Å². The number of aryl methyl sites for hydroxylation is 4.